The highest BCUT2D eigenvalue weighted by Crippen LogP contribution is 2.36. The predicted octanol–water partition coefficient (Wildman–Crippen LogP) is 4.10. The van der Waals surface area contributed by atoms with Crippen LogP contribution in [0.25, 0.3) is 0 Å². The number of benzene rings is 2. The maximum atomic E-state index is 11.7. The van der Waals surface area contributed by atoms with Crippen molar-refractivity contribution in [2.24, 2.45) is 11.8 Å². The van der Waals surface area contributed by atoms with Gasteiger partial charge in [0.05, 0.1) is 32.3 Å². The van der Waals surface area contributed by atoms with Crippen molar-refractivity contribution in [3.63, 3.8) is 0 Å². The molecule has 0 aliphatic carbocycles. The summed E-state index contributed by atoms with van der Waals surface area (Å²) in [5.74, 6) is -1.48. The molecule has 1 saturated heterocycles. The number of hydrogen-bond acceptors (Lipinski definition) is 3. The molecule has 1 N–H and O–H groups in total. The Labute approximate surface area is 155 Å². The van der Waals surface area contributed by atoms with Crippen LogP contribution < -0.4 is 0 Å². The number of rotatable bonds is 6. The van der Waals surface area contributed by atoms with Crippen LogP contribution in [-0.4, -0.2) is 30.9 Å². The van der Waals surface area contributed by atoms with Gasteiger partial charge in [-0.15, -0.1) is 0 Å². The first-order valence-electron chi connectivity index (χ1n) is 8.33. The number of hydrogen-bond donors (Lipinski definition) is 1. The SMILES string of the molecule is O=C(O)C1COCC(c2ccc(Br)cc2)C1COCc1ccccc1. The summed E-state index contributed by atoms with van der Waals surface area (Å²) in [6.07, 6.45) is 0. The molecule has 5 heteroatoms. The van der Waals surface area contributed by atoms with E-state index in [2.05, 4.69) is 15.9 Å². The zero-order chi connectivity index (χ0) is 17.6. The lowest BCUT2D eigenvalue weighted by molar-refractivity contribution is -0.152. The predicted molar refractivity (Wildman–Crippen MR) is 98.4 cm³/mol. The molecule has 0 saturated carbocycles. The lowest BCUT2D eigenvalue weighted by Gasteiger charge is -2.36. The number of carbonyl (C=O) groups is 1. The molecule has 1 heterocycles. The molecule has 0 amide bonds. The number of ether oxygens (including phenoxy) is 2. The van der Waals surface area contributed by atoms with Crippen LogP contribution in [0.3, 0.4) is 0 Å². The van der Waals surface area contributed by atoms with Crippen LogP contribution in [0.4, 0.5) is 0 Å². The normalized spacial score (nSPS) is 23.3. The van der Waals surface area contributed by atoms with Crippen LogP contribution >= 0.6 is 15.9 Å². The van der Waals surface area contributed by atoms with E-state index in [0.717, 1.165) is 15.6 Å². The van der Waals surface area contributed by atoms with Gasteiger partial charge in [0.2, 0.25) is 0 Å². The molecule has 1 fully saturated rings. The second-order valence-electron chi connectivity index (χ2n) is 6.30. The molecular weight excluding hydrogens is 384 g/mol. The first-order chi connectivity index (χ1) is 12.1. The lowest BCUT2D eigenvalue weighted by atomic mass is 9.77. The molecule has 1 aliphatic heterocycles. The van der Waals surface area contributed by atoms with Crippen molar-refractivity contribution in [1.82, 2.24) is 0 Å². The van der Waals surface area contributed by atoms with E-state index in [1.165, 1.54) is 0 Å². The highest BCUT2D eigenvalue weighted by Gasteiger charge is 2.39. The second kappa shape index (κ2) is 8.61. The van der Waals surface area contributed by atoms with Gasteiger partial charge in [-0.2, -0.15) is 0 Å². The Bertz CT molecular complexity index is 687. The van der Waals surface area contributed by atoms with Crippen molar-refractivity contribution in [2.45, 2.75) is 12.5 Å². The van der Waals surface area contributed by atoms with Crippen LogP contribution in [0, 0.1) is 11.8 Å². The minimum absolute atomic E-state index is 0.0127. The van der Waals surface area contributed by atoms with Gasteiger partial charge in [0, 0.05) is 16.3 Å². The van der Waals surface area contributed by atoms with Crippen LogP contribution in [0.2, 0.25) is 0 Å². The van der Waals surface area contributed by atoms with Crippen molar-refractivity contribution >= 4 is 21.9 Å². The molecule has 3 rings (SSSR count). The smallest absolute Gasteiger partial charge is 0.309 e. The summed E-state index contributed by atoms with van der Waals surface area (Å²) in [4.78, 5) is 11.7. The summed E-state index contributed by atoms with van der Waals surface area (Å²) >= 11 is 3.44. The van der Waals surface area contributed by atoms with E-state index in [1.807, 2.05) is 54.6 Å². The maximum Gasteiger partial charge on any atom is 0.309 e. The highest BCUT2D eigenvalue weighted by atomic mass is 79.9. The molecule has 3 atom stereocenters. The lowest BCUT2D eigenvalue weighted by Crippen LogP contribution is -2.41. The Morgan fingerprint density at radius 1 is 1.12 bits per heavy atom. The van der Waals surface area contributed by atoms with E-state index in [1.54, 1.807) is 0 Å². The number of carboxylic acid groups (broad SMARTS) is 1. The van der Waals surface area contributed by atoms with Gasteiger partial charge in [0.25, 0.3) is 0 Å². The zero-order valence-electron chi connectivity index (χ0n) is 13.8. The van der Waals surface area contributed by atoms with E-state index in [-0.39, 0.29) is 18.4 Å². The Morgan fingerprint density at radius 3 is 2.52 bits per heavy atom. The molecule has 3 unspecified atom stereocenters. The Hall–Kier alpha value is -1.69. The van der Waals surface area contributed by atoms with Crippen molar-refractivity contribution in [3.8, 4) is 0 Å². The fraction of sp³-hybridized carbons (Fsp3) is 0.350. The van der Waals surface area contributed by atoms with Gasteiger partial charge in [-0.25, -0.2) is 0 Å². The fourth-order valence-corrected chi connectivity index (χ4v) is 3.54. The summed E-state index contributed by atoms with van der Waals surface area (Å²) < 4.78 is 12.5. The monoisotopic (exact) mass is 404 g/mol. The van der Waals surface area contributed by atoms with Crippen molar-refractivity contribution in [3.05, 3.63) is 70.2 Å². The molecule has 0 aromatic heterocycles. The minimum Gasteiger partial charge on any atom is -0.481 e. The topological polar surface area (TPSA) is 55.8 Å². The van der Waals surface area contributed by atoms with Gasteiger partial charge in [0.15, 0.2) is 0 Å². The van der Waals surface area contributed by atoms with Crippen molar-refractivity contribution in [2.75, 3.05) is 19.8 Å². The Balaban J connectivity index is 1.73. The van der Waals surface area contributed by atoms with Crippen molar-refractivity contribution < 1.29 is 19.4 Å². The van der Waals surface area contributed by atoms with E-state index in [0.29, 0.717) is 19.8 Å². The molecular formula is C20H21BrO4. The van der Waals surface area contributed by atoms with Gasteiger partial charge in [0.1, 0.15) is 0 Å². The average Bonchev–Trinajstić information content (AvgIpc) is 2.63. The van der Waals surface area contributed by atoms with E-state index >= 15 is 0 Å². The van der Waals surface area contributed by atoms with Gasteiger partial charge in [-0.3, -0.25) is 4.79 Å². The van der Waals surface area contributed by atoms with E-state index in [4.69, 9.17) is 9.47 Å². The summed E-state index contributed by atoms with van der Waals surface area (Å²) in [5, 5.41) is 9.59. The van der Waals surface area contributed by atoms with Crippen molar-refractivity contribution in [1.29, 1.82) is 0 Å². The summed E-state index contributed by atoms with van der Waals surface area (Å²) in [7, 11) is 0. The molecule has 0 bridgehead atoms. The molecule has 25 heavy (non-hydrogen) atoms. The summed E-state index contributed by atoms with van der Waals surface area (Å²) in [6, 6.07) is 17.9. The van der Waals surface area contributed by atoms with Gasteiger partial charge in [-0.1, -0.05) is 58.4 Å². The molecule has 132 valence electrons. The average molecular weight is 405 g/mol. The molecule has 0 radical (unpaired) electrons. The standard InChI is InChI=1S/C20H21BrO4/c21-16-8-6-15(7-9-16)17-11-25-13-19(20(22)23)18(17)12-24-10-14-4-2-1-3-5-14/h1-9,17-19H,10-13H2,(H,22,23). The molecule has 0 spiro atoms. The highest BCUT2D eigenvalue weighted by molar-refractivity contribution is 9.10. The first kappa shape index (κ1) is 18.1. The quantitative estimate of drug-likeness (QED) is 0.787. The van der Waals surface area contributed by atoms with Crippen LogP contribution in [-0.2, 0) is 20.9 Å². The third kappa shape index (κ3) is 4.69. The summed E-state index contributed by atoms with van der Waals surface area (Å²) in [6.45, 7) is 1.64. The maximum absolute atomic E-state index is 11.7. The minimum atomic E-state index is -0.824. The van der Waals surface area contributed by atoms with Gasteiger partial charge in [-0.05, 0) is 23.3 Å². The van der Waals surface area contributed by atoms with E-state index < -0.39 is 11.9 Å². The molecule has 2 aromatic carbocycles. The first-order valence-corrected chi connectivity index (χ1v) is 9.12. The van der Waals surface area contributed by atoms with Gasteiger partial charge < -0.3 is 14.6 Å². The fourth-order valence-electron chi connectivity index (χ4n) is 3.28. The summed E-state index contributed by atoms with van der Waals surface area (Å²) in [5.41, 5.74) is 2.17. The number of aliphatic carboxylic acids is 1. The van der Waals surface area contributed by atoms with Crippen LogP contribution in [0.15, 0.2) is 59.1 Å². The second-order valence-corrected chi connectivity index (χ2v) is 7.22. The van der Waals surface area contributed by atoms with Gasteiger partial charge >= 0.3 is 5.97 Å². The largest absolute Gasteiger partial charge is 0.481 e. The number of carboxylic acids is 1. The Kier molecular flexibility index (Phi) is 6.24. The number of halogens is 1. The molecule has 1 aliphatic rings. The Morgan fingerprint density at radius 2 is 1.84 bits per heavy atom. The molecule has 4 nitrogen and oxygen atoms in total. The van der Waals surface area contributed by atoms with Crippen LogP contribution in [0.5, 0.6) is 0 Å². The van der Waals surface area contributed by atoms with Crippen LogP contribution in [0.1, 0.15) is 17.0 Å². The zero-order valence-corrected chi connectivity index (χ0v) is 15.4. The van der Waals surface area contributed by atoms with E-state index in [9.17, 15) is 9.90 Å². The third-order valence-electron chi connectivity index (χ3n) is 4.67. The third-order valence-corrected chi connectivity index (χ3v) is 5.19. The molecule has 2 aromatic rings.